The molecule has 4 aromatic carbocycles. The molecule has 0 saturated carbocycles. The number of esters is 5. The molecule has 628 valence electrons. The Bertz CT molecular complexity index is 5100. The number of pyridine rings is 1. The van der Waals surface area contributed by atoms with Gasteiger partial charge in [-0.3, -0.25) is 0 Å². The first kappa shape index (κ1) is 94.5. The number of aryl methyl sites for hydroxylation is 3. The number of carbonyl (C=O) groups excluding carboxylic acids is 5. The van der Waals surface area contributed by atoms with Crippen LogP contribution in [0.4, 0.5) is 13.2 Å². The fourth-order valence-electron chi connectivity index (χ4n) is 9.44. The monoisotopic (exact) mass is 1690 g/mol. The molecule has 6 aromatic heterocycles. The molecule has 0 radical (unpaired) electrons. The number of alkyl halides is 3. The maximum absolute atomic E-state index is 12.3. The predicted octanol–water partition coefficient (Wildman–Crippen LogP) is 15.8. The summed E-state index contributed by atoms with van der Waals surface area (Å²) in [6, 6.07) is 24.3. The minimum Gasteiger partial charge on any atom is -0.497 e. The van der Waals surface area contributed by atoms with Crippen molar-refractivity contribution in [1.82, 2.24) is 83.7 Å². The van der Waals surface area contributed by atoms with Gasteiger partial charge in [0.25, 0.3) is 0 Å². The topological polar surface area (TPSA) is 338 Å². The van der Waals surface area contributed by atoms with E-state index in [1.807, 2.05) is 103 Å². The Kier molecular flexibility index (Phi) is 37.1. The van der Waals surface area contributed by atoms with Gasteiger partial charge >= 0.3 is 36.2 Å². The number of hydrogen-bond donors (Lipinski definition) is 0. The summed E-state index contributed by atoms with van der Waals surface area (Å²) in [5.41, 5.74) is 6.63. The van der Waals surface area contributed by atoms with E-state index in [0.717, 1.165) is 75.4 Å². The molecule has 0 N–H and O–H groups in total. The van der Waals surface area contributed by atoms with Gasteiger partial charge in [0, 0.05) is 101 Å². The van der Waals surface area contributed by atoms with Crippen molar-refractivity contribution in [2.45, 2.75) is 147 Å². The molecule has 0 aliphatic carbocycles. The summed E-state index contributed by atoms with van der Waals surface area (Å²) in [6.07, 6.45) is 15.4. The van der Waals surface area contributed by atoms with E-state index in [-0.39, 0.29) is 63.3 Å². The smallest absolute Gasteiger partial charge is 0.497 e. The molecule has 0 amide bonds. The van der Waals surface area contributed by atoms with Crippen molar-refractivity contribution >= 4 is 95.6 Å². The van der Waals surface area contributed by atoms with Gasteiger partial charge in [0.05, 0.1) is 43.7 Å². The number of carbonyl (C=O) groups is 5. The Balaban J connectivity index is 0.000000229. The second-order valence-corrected chi connectivity index (χ2v) is 28.3. The van der Waals surface area contributed by atoms with Crippen LogP contribution in [0, 0.1) is 20.8 Å². The first-order valence-corrected chi connectivity index (χ1v) is 37.6. The van der Waals surface area contributed by atoms with Crippen molar-refractivity contribution in [1.29, 1.82) is 0 Å². The number of likely N-dealkylation sites (N-methyl/N-ethyl adjacent to an activating group) is 1. The SMILES string of the molecule is CC(C)OC(=O)/C=C\n1cnc(-c2cc(Cl)cc(OC(F)(F)F)c2)n1.CC(C)OC(=O)/C=C\n1cnc(-c2cc(Cl)nc(Cl)c2)n1.COc1cc(C)cc(-c2ncn(/C=C\C(=O)OC(C)C)n2)c1.Cc1cc(OC(C)C)cc(-c2ncn(/C=C\C(=O)OC(C)C)n2)c1.Cc1cc(OCCN(C)C)cc(-c2ncn(/C=C\C(=O)OC(C)C)n2)c1. The number of aromatic nitrogens is 16. The van der Waals surface area contributed by atoms with Crippen LogP contribution in [0.25, 0.3) is 87.9 Å². The standard InChI is InChI=1S/C19H26N4O3.C18H23N3O3.C16H19N3O3.C15H13ClF3N3O3.C13H12Cl2N4O2/c1-14(2)26-18(24)6-7-23-13-20-19(21-23)16-10-15(3)11-17(12-16)25-9-8-22(4)5;1-12(2)23-16-9-14(5)8-15(10-16)18-19-11-21(20-18)7-6-17(22)24-13(3)4;1-11(2)22-15(20)5-6-19-10-17-16(18-19)13-7-12(3)8-14(9-13)21-4;1-9(2)24-13(23)3-4-22-8-20-14(21-22)10-5-11(16)7-12(6-10)25-15(17,18)19;1-8(2)21-12(20)3-4-19-7-16-13(18-19)9-5-10(14)17-11(15)6-9/h6-7,10-14H,8-9H2,1-5H3;6-13H,1-5H3;5-11H,1-4H3;3-9H,1-2H3;3-8H,1-2H3/b2*7-6-;6-5-;2*4-3-. The van der Waals surface area contributed by atoms with E-state index in [4.69, 9.17) is 72.7 Å². The third kappa shape index (κ3) is 35.8. The van der Waals surface area contributed by atoms with Crippen LogP contribution in [0.15, 0.2) is 147 Å². The van der Waals surface area contributed by atoms with Gasteiger partial charge in [-0.15, -0.1) is 38.7 Å². The average molecular weight is 1690 g/mol. The van der Waals surface area contributed by atoms with Crippen LogP contribution in [0.1, 0.15) is 99.8 Å². The minimum absolute atomic E-state index is 0.0316. The lowest BCUT2D eigenvalue weighted by atomic mass is 10.1. The van der Waals surface area contributed by atoms with E-state index in [2.05, 4.69) is 65.0 Å². The summed E-state index contributed by atoms with van der Waals surface area (Å²) in [7, 11) is 5.63. The Morgan fingerprint density at radius 1 is 0.398 bits per heavy atom. The highest BCUT2D eigenvalue weighted by Crippen LogP contribution is 2.32. The van der Waals surface area contributed by atoms with Crippen molar-refractivity contribution in [2.75, 3.05) is 34.4 Å². The number of benzene rings is 4. The van der Waals surface area contributed by atoms with Crippen LogP contribution in [0.3, 0.4) is 0 Å². The van der Waals surface area contributed by atoms with Crippen molar-refractivity contribution in [3.8, 4) is 79.9 Å². The summed E-state index contributed by atoms with van der Waals surface area (Å²) >= 11 is 17.5. The number of methoxy groups -OCH3 is 1. The normalized spacial score (nSPS) is 11.5. The number of ether oxygens (including phenoxy) is 9. The quantitative estimate of drug-likeness (QED) is 0.0190. The molecule has 0 unspecified atom stereocenters. The van der Waals surface area contributed by atoms with Crippen LogP contribution < -0.4 is 18.9 Å². The van der Waals surface area contributed by atoms with Crippen LogP contribution in [-0.2, 0) is 47.7 Å². The Labute approximate surface area is 695 Å². The third-order valence-corrected chi connectivity index (χ3v) is 14.5. The first-order chi connectivity index (χ1) is 55.7. The zero-order valence-corrected chi connectivity index (χ0v) is 70.5. The zero-order chi connectivity index (χ0) is 86.9. The molecule has 0 atom stereocenters. The first-order valence-electron chi connectivity index (χ1n) is 36.4. The molecule has 0 saturated heterocycles. The molecular weight excluding hydrogens is 1600 g/mol. The molecule has 0 spiro atoms. The minimum atomic E-state index is -4.84. The Morgan fingerprint density at radius 3 is 0.992 bits per heavy atom. The van der Waals surface area contributed by atoms with Crippen molar-refractivity contribution < 1.29 is 79.8 Å². The summed E-state index contributed by atoms with van der Waals surface area (Å²) < 4.78 is 89.6. The van der Waals surface area contributed by atoms with Crippen LogP contribution >= 0.6 is 34.8 Å². The van der Waals surface area contributed by atoms with Crippen LogP contribution in [0.2, 0.25) is 15.3 Å². The number of rotatable bonds is 28. The maximum Gasteiger partial charge on any atom is 0.573 e. The average Bonchev–Trinajstić information content (AvgIpc) is 1.64. The summed E-state index contributed by atoms with van der Waals surface area (Å²) in [4.78, 5) is 84.1. The van der Waals surface area contributed by atoms with Gasteiger partial charge in [-0.25, -0.2) is 77.3 Å². The zero-order valence-electron chi connectivity index (χ0n) is 68.2. The van der Waals surface area contributed by atoms with Crippen LogP contribution in [-0.4, -0.2) is 191 Å². The van der Waals surface area contributed by atoms with Crippen molar-refractivity contribution in [2.24, 2.45) is 0 Å². The van der Waals surface area contributed by atoms with E-state index in [1.54, 1.807) is 101 Å². The summed E-state index contributed by atoms with van der Waals surface area (Å²) in [5.74, 6) is 1.81. The maximum atomic E-state index is 12.3. The van der Waals surface area contributed by atoms with E-state index in [0.29, 0.717) is 35.5 Å². The Morgan fingerprint density at radius 2 is 0.686 bits per heavy atom. The third-order valence-electron chi connectivity index (χ3n) is 13.8. The Hall–Kier alpha value is -12.4. The lowest BCUT2D eigenvalue weighted by molar-refractivity contribution is -0.274. The molecule has 6 heterocycles. The summed E-state index contributed by atoms with van der Waals surface area (Å²) in [5, 5.41) is 21.8. The fourth-order valence-corrected chi connectivity index (χ4v) is 10.1. The van der Waals surface area contributed by atoms with Gasteiger partial charge in [0.1, 0.15) is 71.5 Å². The molecular formula is C81H93Cl3F3N17O14. The molecule has 0 aliphatic heterocycles. The molecule has 0 bridgehead atoms. The van der Waals surface area contributed by atoms with Gasteiger partial charge < -0.3 is 47.5 Å². The van der Waals surface area contributed by atoms with Gasteiger partial charge in [-0.05, 0) is 220 Å². The largest absolute Gasteiger partial charge is 0.573 e. The van der Waals surface area contributed by atoms with Gasteiger partial charge in [-0.1, -0.05) is 34.8 Å². The lowest BCUT2D eigenvalue weighted by Gasteiger charge is -2.12. The second-order valence-electron chi connectivity index (χ2n) is 27.1. The van der Waals surface area contributed by atoms with Crippen molar-refractivity contribution in [3.63, 3.8) is 0 Å². The predicted molar refractivity (Wildman–Crippen MR) is 440 cm³/mol. The van der Waals surface area contributed by atoms with E-state index in [1.165, 1.54) is 104 Å². The van der Waals surface area contributed by atoms with E-state index in [9.17, 15) is 37.1 Å². The molecule has 31 nitrogen and oxygen atoms in total. The highest BCUT2D eigenvalue weighted by molar-refractivity contribution is 6.33. The summed E-state index contributed by atoms with van der Waals surface area (Å²) in [6.45, 7) is 29.1. The molecule has 118 heavy (non-hydrogen) atoms. The lowest BCUT2D eigenvalue weighted by Crippen LogP contribution is -2.19. The molecule has 10 rings (SSSR count). The second kappa shape index (κ2) is 46.4. The molecule has 0 aliphatic rings. The van der Waals surface area contributed by atoms with E-state index >= 15 is 0 Å². The fraction of sp³-hybridized carbons (Fsp3) is 0.333. The molecule has 10 aromatic rings. The number of nitrogens with zero attached hydrogens (tertiary/aromatic N) is 17. The number of hydrogen-bond acceptors (Lipinski definition) is 26. The van der Waals surface area contributed by atoms with Gasteiger partial charge in [-0.2, -0.15) is 0 Å². The molecule has 37 heteroatoms. The highest BCUT2D eigenvalue weighted by atomic mass is 35.5. The van der Waals surface area contributed by atoms with Gasteiger partial charge in [0.2, 0.25) is 0 Å². The van der Waals surface area contributed by atoms with Crippen LogP contribution in [0.5, 0.6) is 23.0 Å². The van der Waals surface area contributed by atoms with Gasteiger partial charge in [0.15, 0.2) is 29.1 Å². The highest BCUT2D eigenvalue weighted by Gasteiger charge is 2.31. The van der Waals surface area contributed by atoms with Crippen molar-refractivity contribution in [3.05, 3.63) is 179 Å². The van der Waals surface area contributed by atoms with E-state index < -0.39 is 42.0 Å². The number of halogens is 6. The molecule has 0 fully saturated rings.